The maximum absolute atomic E-state index is 12.0. The van der Waals surface area contributed by atoms with Gasteiger partial charge in [0.15, 0.2) is 6.61 Å². The van der Waals surface area contributed by atoms with E-state index >= 15 is 0 Å². The highest BCUT2D eigenvalue weighted by molar-refractivity contribution is 5.91. The number of rotatable bonds is 5. The number of nitrogens with one attached hydrogen (secondary N) is 1. The van der Waals surface area contributed by atoms with Gasteiger partial charge in [0, 0.05) is 5.69 Å². The molecule has 0 spiro atoms. The van der Waals surface area contributed by atoms with Crippen molar-refractivity contribution < 1.29 is 9.53 Å². The van der Waals surface area contributed by atoms with Crippen molar-refractivity contribution in [1.29, 1.82) is 0 Å². The summed E-state index contributed by atoms with van der Waals surface area (Å²) >= 11 is 0. The van der Waals surface area contributed by atoms with E-state index in [9.17, 15) is 4.79 Å². The van der Waals surface area contributed by atoms with Gasteiger partial charge >= 0.3 is 0 Å². The van der Waals surface area contributed by atoms with E-state index < -0.39 is 0 Å². The van der Waals surface area contributed by atoms with E-state index in [0.29, 0.717) is 17.4 Å². The lowest BCUT2D eigenvalue weighted by Gasteiger charge is -2.09. The highest BCUT2D eigenvalue weighted by Crippen LogP contribution is 2.16. The summed E-state index contributed by atoms with van der Waals surface area (Å²) in [5.74, 6) is 0.874. The summed E-state index contributed by atoms with van der Waals surface area (Å²) in [4.78, 5) is 20.5. The number of anilines is 1. The molecule has 0 atom stereocenters. The Kier molecular flexibility index (Phi) is 4.74. The number of benzene rings is 1. The SMILES string of the molecule is Cc1cc(C)n(-c2ncc(NC(=O)COc3ccccc3C)cn2)n1. The van der Waals surface area contributed by atoms with Gasteiger partial charge in [0.2, 0.25) is 0 Å². The predicted octanol–water partition coefficient (Wildman–Crippen LogP) is 2.61. The fraction of sp³-hybridized carbons (Fsp3) is 0.222. The van der Waals surface area contributed by atoms with Crippen LogP contribution in [0.4, 0.5) is 5.69 Å². The summed E-state index contributed by atoms with van der Waals surface area (Å²) in [6.45, 7) is 5.69. The molecule has 25 heavy (non-hydrogen) atoms. The zero-order chi connectivity index (χ0) is 17.8. The maximum Gasteiger partial charge on any atom is 0.262 e. The van der Waals surface area contributed by atoms with Gasteiger partial charge in [-0.1, -0.05) is 18.2 Å². The fourth-order valence-corrected chi connectivity index (χ4v) is 2.39. The van der Waals surface area contributed by atoms with Crippen LogP contribution < -0.4 is 10.1 Å². The van der Waals surface area contributed by atoms with Crippen molar-refractivity contribution in [2.75, 3.05) is 11.9 Å². The monoisotopic (exact) mass is 337 g/mol. The first-order valence-corrected chi connectivity index (χ1v) is 7.87. The van der Waals surface area contributed by atoms with Crippen molar-refractivity contribution in [1.82, 2.24) is 19.7 Å². The van der Waals surface area contributed by atoms with Crippen LogP contribution >= 0.6 is 0 Å². The Morgan fingerprint density at radius 1 is 1.16 bits per heavy atom. The molecular formula is C18H19N5O2. The maximum atomic E-state index is 12.0. The second-order valence-corrected chi connectivity index (χ2v) is 5.71. The van der Waals surface area contributed by atoms with E-state index in [1.807, 2.05) is 51.1 Å². The van der Waals surface area contributed by atoms with Crippen molar-refractivity contribution in [3.63, 3.8) is 0 Å². The predicted molar refractivity (Wildman–Crippen MR) is 93.9 cm³/mol. The molecule has 0 aliphatic heterocycles. The van der Waals surface area contributed by atoms with Gasteiger partial charge in [-0.15, -0.1) is 0 Å². The summed E-state index contributed by atoms with van der Waals surface area (Å²) in [7, 11) is 0. The molecule has 128 valence electrons. The first-order chi connectivity index (χ1) is 12.0. The molecule has 0 unspecified atom stereocenters. The zero-order valence-electron chi connectivity index (χ0n) is 14.4. The van der Waals surface area contributed by atoms with E-state index in [1.165, 1.54) is 0 Å². The number of nitrogens with zero attached hydrogens (tertiary/aromatic N) is 4. The molecule has 0 saturated carbocycles. The number of aryl methyl sites for hydroxylation is 3. The lowest BCUT2D eigenvalue weighted by atomic mass is 10.2. The molecule has 0 radical (unpaired) electrons. The average Bonchev–Trinajstić information content (AvgIpc) is 2.93. The van der Waals surface area contributed by atoms with Crippen LogP contribution in [0.3, 0.4) is 0 Å². The minimum atomic E-state index is -0.272. The summed E-state index contributed by atoms with van der Waals surface area (Å²) < 4.78 is 7.17. The molecule has 0 aliphatic rings. The number of aromatic nitrogens is 4. The molecule has 3 aromatic rings. The topological polar surface area (TPSA) is 81.9 Å². The molecule has 0 saturated heterocycles. The summed E-state index contributed by atoms with van der Waals surface area (Å²) in [6.07, 6.45) is 3.09. The highest BCUT2D eigenvalue weighted by atomic mass is 16.5. The summed E-state index contributed by atoms with van der Waals surface area (Å²) in [5, 5.41) is 7.04. The van der Waals surface area contributed by atoms with Crippen molar-refractivity contribution in [3.8, 4) is 11.7 Å². The lowest BCUT2D eigenvalue weighted by molar-refractivity contribution is -0.118. The molecule has 7 nitrogen and oxygen atoms in total. The Hall–Kier alpha value is -3.22. The molecule has 1 aromatic carbocycles. The van der Waals surface area contributed by atoms with Crippen LogP contribution in [-0.4, -0.2) is 32.3 Å². The van der Waals surface area contributed by atoms with Gasteiger partial charge in [0.05, 0.1) is 23.8 Å². The minimum absolute atomic E-state index is 0.0793. The Bertz CT molecular complexity index is 887. The van der Waals surface area contributed by atoms with Crippen LogP contribution in [0.1, 0.15) is 17.0 Å². The van der Waals surface area contributed by atoms with E-state index in [4.69, 9.17) is 4.74 Å². The number of carbonyl (C=O) groups is 1. The van der Waals surface area contributed by atoms with Crippen LogP contribution in [-0.2, 0) is 4.79 Å². The number of hydrogen-bond donors (Lipinski definition) is 1. The smallest absolute Gasteiger partial charge is 0.262 e. The van der Waals surface area contributed by atoms with E-state index in [0.717, 1.165) is 17.0 Å². The second-order valence-electron chi connectivity index (χ2n) is 5.71. The number of hydrogen-bond acceptors (Lipinski definition) is 5. The van der Waals surface area contributed by atoms with Crippen molar-refractivity contribution in [3.05, 3.63) is 59.7 Å². The van der Waals surface area contributed by atoms with Crippen LogP contribution in [0.5, 0.6) is 5.75 Å². The Morgan fingerprint density at radius 2 is 1.88 bits per heavy atom. The van der Waals surface area contributed by atoms with E-state index in [2.05, 4.69) is 20.4 Å². The molecule has 1 amide bonds. The molecule has 2 aromatic heterocycles. The third-order valence-electron chi connectivity index (χ3n) is 3.57. The van der Waals surface area contributed by atoms with Crippen molar-refractivity contribution in [2.45, 2.75) is 20.8 Å². The largest absolute Gasteiger partial charge is 0.483 e. The van der Waals surface area contributed by atoms with Crippen molar-refractivity contribution in [2.24, 2.45) is 0 Å². The number of amides is 1. The average molecular weight is 337 g/mol. The van der Waals surface area contributed by atoms with E-state index in [1.54, 1.807) is 17.1 Å². The van der Waals surface area contributed by atoms with Gasteiger partial charge in [0.25, 0.3) is 11.9 Å². The number of ether oxygens (including phenoxy) is 1. The van der Waals surface area contributed by atoms with Gasteiger partial charge in [-0.05, 0) is 38.5 Å². The summed E-state index contributed by atoms with van der Waals surface area (Å²) in [5.41, 5.74) is 3.32. The Balaban J connectivity index is 1.60. The van der Waals surface area contributed by atoms with Crippen LogP contribution in [0.2, 0.25) is 0 Å². The number of carbonyl (C=O) groups excluding carboxylic acids is 1. The van der Waals surface area contributed by atoms with Crippen LogP contribution in [0, 0.1) is 20.8 Å². The van der Waals surface area contributed by atoms with Gasteiger partial charge in [0.1, 0.15) is 5.75 Å². The van der Waals surface area contributed by atoms with Gasteiger partial charge in [-0.3, -0.25) is 4.79 Å². The molecule has 7 heteroatoms. The molecule has 0 fully saturated rings. The molecule has 0 aliphatic carbocycles. The van der Waals surface area contributed by atoms with E-state index in [-0.39, 0.29) is 12.5 Å². The summed E-state index contributed by atoms with van der Waals surface area (Å²) in [6, 6.07) is 9.49. The fourth-order valence-electron chi connectivity index (χ4n) is 2.39. The number of para-hydroxylation sites is 1. The molecule has 2 heterocycles. The lowest BCUT2D eigenvalue weighted by Crippen LogP contribution is -2.20. The van der Waals surface area contributed by atoms with Gasteiger partial charge in [-0.25, -0.2) is 14.6 Å². The highest BCUT2D eigenvalue weighted by Gasteiger charge is 2.09. The van der Waals surface area contributed by atoms with Crippen LogP contribution in [0.15, 0.2) is 42.7 Å². The van der Waals surface area contributed by atoms with Crippen LogP contribution in [0.25, 0.3) is 5.95 Å². The van der Waals surface area contributed by atoms with Gasteiger partial charge < -0.3 is 10.1 Å². The first-order valence-electron chi connectivity index (χ1n) is 7.87. The minimum Gasteiger partial charge on any atom is -0.483 e. The third kappa shape index (κ3) is 4.00. The Morgan fingerprint density at radius 3 is 2.52 bits per heavy atom. The zero-order valence-corrected chi connectivity index (χ0v) is 14.4. The molecule has 1 N–H and O–H groups in total. The quantitative estimate of drug-likeness (QED) is 0.774. The Labute approximate surface area is 145 Å². The standard InChI is InChI=1S/C18H19N5O2/c1-12-6-4-5-7-16(12)25-11-17(24)21-15-9-19-18(20-10-15)23-14(3)8-13(2)22-23/h4-10H,11H2,1-3H3,(H,21,24). The second kappa shape index (κ2) is 7.12. The van der Waals surface area contributed by atoms with Crippen molar-refractivity contribution >= 4 is 11.6 Å². The third-order valence-corrected chi connectivity index (χ3v) is 3.57. The normalized spacial score (nSPS) is 10.5. The van der Waals surface area contributed by atoms with Gasteiger partial charge in [-0.2, -0.15) is 5.10 Å². The molecule has 0 bridgehead atoms. The molecular weight excluding hydrogens is 318 g/mol. The first kappa shape index (κ1) is 16.6. The molecule has 3 rings (SSSR count).